The first kappa shape index (κ1) is 11.5. The molecule has 0 saturated carbocycles. The van der Waals surface area contributed by atoms with Crippen LogP contribution in [-0.2, 0) is 6.42 Å². The molecule has 90 valence electrons. The summed E-state index contributed by atoms with van der Waals surface area (Å²) in [5.74, 6) is 0.178. The number of ketones is 1. The van der Waals surface area contributed by atoms with E-state index in [1.165, 1.54) is 5.56 Å². The Bertz CT molecular complexity index is 604. The highest BCUT2D eigenvalue weighted by molar-refractivity contribution is 6.30. The highest BCUT2D eigenvalue weighted by Gasteiger charge is 2.28. The maximum Gasteiger partial charge on any atom is 0.170 e. The number of halogens is 1. The summed E-state index contributed by atoms with van der Waals surface area (Å²) in [6, 6.07) is 15.5. The predicted octanol–water partition coefficient (Wildman–Crippen LogP) is 4.25. The minimum absolute atomic E-state index is 0.0430. The Kier molecular flexibility index (Phi) is 2.92. The van der Waals surface area contributed by atoms with Gasteiger partial charge in [0.15, 0.2) is 5.78 Å². The lowest BCUT2D eigenvalue weighted by Crippen LogP contribution is -2.20. The Balaban J connectivity index is 2.00. The van der Waals surface area contributed by atoms with Gasteiger partial charge in [0.05, 0.1) is 0 Å². The number of hydrogen-bond acceptors (Lipinski definition) is 1. The number of carbonyl (C=O) groups excluding carboxylic acids is 1. The molecule has 0 heterocycles. The van der Waals surface area contributed by atoms with Gasteiger partial charge in [0.25, 0.3) is 0 Å². The van der Waals surface area contributed by atoms with Gasteiger partial charge in [-0.25, -0.2) is 0 Å². The van der Waals surface area contributed by atoms with Crippen LogP contribution in [0.1, 0.15) is 33.8 Å². The van der Waals surface area contributed by atoms with Crippen molar-refractivity contribution in [3.05, 3.63) is 70.2 Å². The van der Waals surface area contributed by atoms with E-state index in [4.69, 9.17) is 11.6 Å². The van der Waals surface area contributed by atoms with E-state index in [0.717, 1.165) is 24.0 Å². The van der Waals surface area contributed by atoms with E-state index in [0.29, 0.717) is 5.02 Å². The summed E-state index contributed by atoms with van der Waals surface area (Å²) in [6.07, 6.45) is 1.83. The van der Waals surface area contributed by atoms with Gasteiger partial charge in [0.2, 0.25) is 0 Å². The fraction of sp³-hybridized carbons (Fsp3) is 0.188. The van der Waals surface area contributed by atoms with Gasteiger partial charge in [-0.2, -0.15) is 0 Å². The summed E-state index contributed by atoms with van der Waals surface area (Å²) in [5.41, 5.74) is 3.07. The zero-order valence-corrected chi connectivity index (χ0v) is 10.7. The van der Waals surface area contributed by atoms with Crippen LogP contribution >= 0.6 is 11.6 Å². The molecule has 0 bridgehead atoms. The number of fused-ring (bicyclic) bond motifs is 1. The molecule has 0 spiro atoms. The molecule has 1 nitrogen and oxygen atoms in total. The average Bonchev–Trinajstić information content (AvgIpc) is 2.39. The molecule has 2 aromatic rings. The molecule has 18 heavy (non-hydrogen) atoms. The maximum absolute atomic E-state index is 12.5. The monoisotopic (exact) mass is 256 g/mol. The molecular weight excluding hydrogens is 244 g/mol. The fourth-order valence-electron chi connectivity index (χ4n) is 2.64. The Hall–Kier alpha value is -1.60. The highest BCUT2D eigenvalue weighted by atomic mass is 35.5. The van der Waals surface area contributed by atoms with Crippen LogP contribution < -0.4 is 0 Å². The number of hydrogen-bond donors (Lipinski definition) is 0. The van der Waals surface area contributed by atoms with Gasteiger partial charge in [-0.15, -0.1) is 0 Å². The van der Waals surface area contributed by atoms with E-state index < -0.39 is 0 Å². The number of Topliss-reactive ketones (excluding diaryl/α,β-unsaturated/α-hetero) is 1. The predicted molar refractivity (Wildman–Crippen MR) is 73.3 cm³/mol. The van der Waals surface area contributed by atoms with E-state index in [-0.39, 0.29) is 11.7 Å². The van der Waals surface area contributed by atoms with Crippen molar-refractivity contribution in [3.8, 4) is 0 Å². The van der Waals surface area contributed by atoms with Crippen LogP contribution in [0.25, 0.3) is 0 Å². The van der Waals surface area contributed by atoms with Crippen molar-refractivity contribution in [2.75, 3.05) is 0 Å². The van der Waals surface area contributed by atoms with Gasteiger partial charge in [0, 0.05) is 16.5 Å². The molecule has 0 saturated heterocycles. The average molecular weight is 257 g/mol. The molecule has 2 heteroatoms. The quantitative estimate of drug-likeness (QED) is 0.745. The van der Waals surface area contributed by atoms with Crippen LogP contribution in [0.2, 0.25) is 5.02 Å². The van der Waals surface area contributed by atoms with Crippen LogP contribution in [0.15, 0.2) is 48.5 Å². The maximum atomic E-state index is 12.5. The normalized spacial score (nSPS) is 18.5. The third-order valence-corrected chi connectivity index (χ3v) is 3.79. The van der Waals surface area contributed by atoms with Crippen molar-refractivity contribution in [3.63, 3.8) is 0 Å². The molecule has 0 radical (unpaired) electrons. The highest BCUT2D eigenvalue weighted by Crippen LogP contribution is 2.33. The second kappa shape index (κ2) is 4.58. The Labute approximate surface area is 111 Å². The second-order valence-corrected chi connectivity index (χ2v) is 5.10. The Morgan fingerprint density at radius 3 is 2.72 bits per heavy atom. The standard InChI is InChI=1S/C16H13ClO/c17-13-6-3-5-12(10-13)15-9-8-11-4-1-2-7-14(11)16(15)18/h1-7,10,15H,8-9H2/t15-/m1/s1. The van der Waals surface area contributed by atoms with Gasteiger partial charge in [-0.3, -0.25) is 4.79 Å². The molecular formula is C16H13ClO. The molecule has 0 unspecified atom stereocenters. The molecule has 3 rings (SSSR count). The fourth-order valence-corrected chi connectivity index (χ4v) is 2.84. The minimum Gasteiger partial charge on any atom is -0.293 e. The summed E-state index contributed by atoms with van der Waals surface area (Å²) in [7, 11) is 0. The smallest absolute Gasteiger partial charge is 0.170 e. The third-order valence-electron chi connectivity index (χ3n) is 3.55. The van der Waals surface area contributed by atoms with Crippen LogP contribution in [0, 0.1) is 0 Å². The molecule has 1 aliphatic rings. The molecule has 1 aliphatic carbocycles. The zero-order chi connectivity index (χ0) is 12.5. The lowest BCUT2D eigenvalue weighted by molar-refractivity contribution is 0.0946. The molecule has 2 aromatic carbocycles. The van der Waals surface area contributed by atoms with Gasteiger partial charge in [-0.05, 0) is 36.1 Å². The van der Waals surface area contributed by atoms with Crippen molar-refractivity contribution in [1.29, 1.82) is 0 Å². The summed E-state index contributed by atoms with van der Waals surface area (Å²) in [4.78, 5) is 12.5. The lowest BCUT2D eigenvalue weighted by atomic mass is 9.79. The van der Waals surface area contributed by atoms with Crippen LogP contribution in [0.4, 0.5) is 0 Å². The number of benzene rings is 2. The molecule has 1 atom stereocenters. The van der Waals surface area contributed by atoms with Crippen molar-refractivity contribution in [1.82, 2.24) is 0 Å². The number of aryl methyl sites for hydroxylation is 1. The van der Waals surface area contributed by atoms with Crippen LogP contribution in [0.3, 0.4) is 0 Å². The molecule has 0 fully saturated rings. The first-order valence-corrected chi connectivity index (χ1v) is 6.51. The Morgan fingerprint density at radius 1 is 1.06 bits per heavy atom. The van der Waals surface area contributed by atoms with E-state index in [1.54, 1.807) is 0 Å². The molecule has 0 N–H and O–H groups in total. The SMILES string of the molecule is O=C1c2ccccc2CC[C@@H]1c1cccc(Cl)c1. The van der Waals surface area contributed by atoms with Gasteiger partial charge in [0.1, 0.15) is 0 Å². The van der Waals surface area contributed by atoms with E-state index >= 15 is 0 Å². The summed E-state index contributed by atoms with van der Waals surface area (Å²) < 4.78 is 0. The molecule has 0 aliphatic heterocycles. The first-order chi connectivity index (χ1) is 8.75. The van der Waals surface area contributed by atoms with Crippen molar-refractivity contribution in [2.45, 2.75) is 18.8 Å². The Morgan fingerprint density at radius 2 is 1.89 bits per heavy atom. The van der Waals surface area contributed by atoms with Gasteiger partial charge >= 0.3 is 0 Å². The van der Waals surface area contributed by atoms with Crippen LogP contribution in [-0.4, -0.2) is 5.78 Å². The number of rotatable bonds is 1. The topological polar surface area (TPSA) is 17.1 Å². The van der Waals surface area contributed by atoms with Crippen molar-refractivity contribution < 1.29 is 4.79 Å². The summed E-state index contributed by atoms with van der Waals surface area (Å²) in [6.45, 7) is 0. The first-order valence-electron chi connectivity index (χ1n) is 6.13. The summed E-state index contributed by atoms with van der Waals surface area (Å²) in [5, 5.41) is 0.694. The minimum atomic E-state index is -0.0430. The van der Waals surface area contributed by atoms with E-state index in [2.05, 4.69) is 0 Å². The van der Waals surface area contributed by atoms with Crippen LogP contribution in [0.5, 0.6) is 0 Å². The molecule has 0 aromatic heterocycles. The van der Waals surface area contributed by atoms with Crippen molar-refractivity contribution in [2.24, 2.45) is 0 Å². The van der Waals surface area contributed by atoms with Crippen molar-refractivity contribution >= 4 is 17.4 Å². The number of carbonyl (C=O) groups is 1. The van der Waals surface area contributed by atoms with Gasteiger partial charge in [-0.1, -0.05) is 48.0 Å². The summed E-state index contributed by atoms with van der Waals surface area (Å²) >= 11 is 6.00. The molecule has 0 amide bonds. The van der Waals surface area contributed by atoms with E-state index in [1.807, 2.05) is 48.5 Å². The third kappa shape index (κ3) is 1.95. The van der Waals surface area contributed by atoms with Gasteiger partial charge < -0.3 is 0 Å². The lowest BCUT2D eigenvalue weighted by Gasteiger charge is -2.23. The second-order valence-electron chi connectivity index (χ2n) is 4.67. The largest absolute Gasteiger partial charge is 0.293 e. The zero-order valence-electron chi connectivity index (χ0n) is 9.90. The van der Waals surface area contributed by atoms with E-state index in [9.17, 15) is 4.79 Å².